The summed E-state index contributed by atoms with van der Waals surface area (Å²) in [4.78, 5) is 17.3. The van der Waals surface area contributed by atoms with Crippen LogP contribution in [0.5, 0.6) is 11.5 Å². The molecule has 0 aliphatic carbocycles. The highest BCUT2D eigenvalue weighted by molar-refractivity contribution is 7.98. The third-order valence-electron chi connectivity index (χ3n) is 3.57. The Morgan fingerprint density at radius 1 is 1.00 bits per heavy atom. The molecule has 3 aromatic rings. The molecule has 0 aliphatic rings. The smallest absolute Gasteiger partial charge is 0.162 e. The molecule has 0 bridgehead atoms. The first-order chi connectivity index (χ1) is 14.1. The average molecular weight is 420 g/mol. The van der Waals surface area contributed by atoms with Crippen molar-refractivity contribution in [1.82, 2.24) is 9.97 Å². The van der Waals surface area contributed by atoms with E-state index in [1.807, 2.05) is 6.79 Å². The van der Waals surface area contributed by atoms with Gasteiger partial charge in [0.2, 0.25) is 0 Å². The number of aromatic nitrogens is 2. The van der Waals surface area contributed by atoms with Gasteiger partial charge in [-0.3, -0.25) is 0 Å². The predicted octanol–water partition coefficient (Wildman–Crippen LogP) is 2.49. The SMILES string of the molecule is C=O.CN.COc1cc2ncnc(N)c2cc1OC.CSc1ccc(CN)cc1. The molecule has 0 unspecified atom stereocenters. The number of nitrogens with zero attached hydrogens (tertiary/aromatic N) is 2. The Kier molecular flexibility index (Phi) is 13.6. The van der Waals surface area contributed by atoms with Gasteiger partial charge in [0.1, 0.15) is 18.9 Å². The van der Waals surface area contributed by atoms with Crippen LogP contribution in [0.15, 0.2) is 47.6 Å². The highest BCUT2D eigenvalue weighted by atomic mass is 32.2. The number of benzene rings is 2. The van der Waals surface area contributed by atoms with Gasteiger partial charge in [-0.05, 0) is 37.1 Å². The lowest BCUT2D eigenvalue weighted by Crippen LogP contribution is -1.96. The summed E-state index contributed by atoms with van der Waals surface area (Å²) in [6.07, 6.45) is 3.49. The van der Waals surface area contributed by atoms with Crippen LogP contribution >= 0.6 is 11.8 Å². The fraction of sp³-hybridized carbons (Fsp3) is 0.250. The summed E-state index contributed by atoms with van der Waals surface area (Å²) < 4.78 is 10.3. The summed E-state index contributed by atoms with van der Waals surface area (Å²) in [6, 6.07) is 11.8. The highest BCUT2D eigenvalue weighted by Gasteiger charge is 2.08. The number of fused-ring (bicyclic) bond motifs is 1. The molecule has 0 amide bonds. The van der Waals surface area contributed by atoms with E-state index >= 15 is 0 Å². The van der Waals surface area contributed by atoms with Crippen molar-refractivity contribution in [3.05, 3.63) is 48.3 Å². The number of nitrogen functional groups attached to an aromatic ring is 1. The van der Waals surface area contributed by atoms with Crippen LogP contribution in [0.2, 0.25) is 0 Å². The maximum absolute atomic E-state index is 8.00. The lowest BCUT2D eigenvalue weighted by atomic mass is 10.2. The van der Waals surface area contributed by atoms with Crippen molar-refractivity contribution in [2.45, 2.75) is 11.4 Å². The summed E-state index contributed by atoms with van der Waals surface area (Å²) >= 11 is 1.75. The van der Waals surface area contributed by atoms with E-state index in [9.17, 15) is 0 Å². The van der Waals surface area contributed by atoms with Crippen LogP contribution in [-0.2, 0) is 11.3 Å². The monoisotopic (exact) mass is 419 g/mol. The van der Waals surface area contributed by atoms with E-state index in [1.54, 1.807) is 38.1 Å². The predicted molar refractivity (Wildman–Crippen MR) is 120 cm³/mol. The Morgan fingerprint density at radius 3 is 2.03 bits per heavy atom. The Bertz CT molecular complexity index is 824. The molecule has 158 valence electrons. The van der Waals surface area contributed by atoms with Gasteiger partial charge >= 0.3 is 0 Å². The first-order valence-electron chi connectivity index (χ1n) is 8.44. The molecule has 0 atom stereocenters. The Balaban J connectivity index is 0.000000488. The number of rotatable bonds is 4. The summed E-state index contributed by atoms with van der Waals surface area (Å²) in [5.41, 5.74) is 17.6. The standard InChI is InChI=1S/C10H11N3O2.C8H11NS.CH5N.CH2O/c1-14-8-3-6-7(4-9(8)15-2)12-5-13-10(6)11;1-10-8-4-2-7(6-9)3-5-8;2*1-2/h3-5H,1-2H3,(H2,11,12,13);2-5H,6,9H2,1H3;2H2,1H3;1H2. The second kappa shape index (κ2) is 15.1. The first kappa shape index (κ1) is 26.1. The Morgan fingerprint density at radius 2 is 1.55 bits per heavy atom. The van der Waals surface area contributed by atoms with Gasteiger partial charge in [0, 0.05) is 22.9 Å². The zero-order valence-electron chi connectivity index (χ0n) is 17.2. The van der Waals surface area contributed by atoms with Crippen LogP contribution in [0.4, 0.5) is 5.82 Å². The summed E-state index contributed by atoms with van der Waals surface area (Å²) in [5.74, 6) is 1.68. The molecule has 1 aromatic heterocycles. The lowest BCUT2D eigenvalue weighted by molar-refractivity contribution is -0.0979. The summed E-state index contributed by atoms with van der Waals surface area (Å²) in [6.45, 7) is 2.63. The number of hydrogen-bond donors (Lipinski definition) is 3. The number of ether oxygens (including phenoxy) is 2. The fourth-order valence-electron chi connectivity index (χ4n) is 2.16. The van der Waals surface area contributed by atoms with E-state index < -0.39 is 0 Å². The molecule has 0 spiro atoms. The van der Waals surface area contributed by atoms with Gasteiger partial charge in [0.15, 0.2) is 11.5 Å². The molecular weight excluding hydrogens is 390 g/mol. The fourth-order valence-corrected chi connectivity index (χ4v) is 2.57. The molecule has 0 saturated heterocycles. The molecule has 3 rings (SSSR count). The second-order valence-electron chi connectivity index (χ2n) is 5.04. The average Bonchev–Trinajstić information content (AvgIpc) is 2.81. The van der Waals surface area contributed by atoms with Gasteiger partial charge in [-0.2, -0.15) is 0 Å². The second-order valence-corrected chi connectivity index (χ2v) is 5.92. The molecular formula is C20H29N5O3S. The number of hydrogen-bond acceptors (Lipinski definition) is 9. The summed E-state index contributed by atoms with van der Waals surface area (Å²) in [7, 11) is 4.65. The van der Waals surface area contributed by atoms with Crippen LogP contribution in [-0.4, -0.2) is 44.3 Å². The van der Waals surface area contributed by atoms with Crippen molar-refractivity contribution in [2.75, 3.05) is 33.3 Å². The molecule has 0 radical (unpaired) electrons. The van der Waals surface area contributed by atoms with Gasteiger partial charge < -0.3 is 31.5 Å². The molecule has 0 saturated carbocycles. The van der Waals surface area contributed by atoms with Gasteiger partial charge in [-0.1, -0.05) is 12.1 Å². The molecule has 29 heavy (non-hydrogen) atoms. The van der Waals surface area contributed by atoms with Crippen LogP contribution in [0.25, 0.3) is 10.9 Å². The molecule has 1 heterocycles. The van der Waals surface area contributed by atoms with Crippen molar-refractivity contribution in [3.63, 3.8) is 0 Å². The largest absolute Gasteiger partial charge is 0.493 e. The molecule has 0 fully saturated rings. The molecule has 2 aromatic carbocycles. The number of methoxy groups -OCH3 is 2. The van der Waals surface area contributed by atoms with Crippen molar-refractivity contribution in [3.8, 4) is 11.5 Å². The summed E-state index contributed by atoms with van der Waals surface area (Å²) in [5, 5.41) is 0.759. The van der Waals surface area contributed by atoms with Gasteiger partial charge in [0.25, 0.3) is 0 Å². The zero-order chi connectivity index (χ0) is 22.2. The van der Waals surface area contributed by atoms with Gasteiger partial charge in [-0.25, -0.2) is 9.97 Å². The van der Waals surface area contributed by atoms with Crippen LogP contribution in [0.1, 0.15) is 5.56 Å². The van der Waals surface area contributed by atoms with E-state index in [2.05, 4.69) is 46.2 Å². The third-order valence-corrected chi connectivity index (χ3v) is 4.31. The normalized spacial score (nSPS) is 9.03. The quantitative estimate of drug-likeness (QED) is 0.544. The maximum atomic E-state index is 8.00. The highest BCUT2D eigenvalue weighted by Crippen LogP contribution is 2.32. The molecule has 0 aliphatic heterocycles. The Hall–Kier alpha value is -2.88. The van der Waals surface area contributed by atoms with Gasteiger partial charge in [-0.15, -0.1) is 11.8 Å². The maximum Gasteiger partial charge on any atom is 0.162 e. The molecule has 9 heteroatoms. The van der Waals surface area contributed by atoms with Crippen molar-refractivity contribution in [1.29, 1.82) is 0 Å². The number of carbonyl (C=O) groups is 1. The van der Waals surface area contributed by atoms with Gasteiger partial charge in [0.05, 0.1) is 19.7 Å². The van der Waals surface area contributed by atoms with E-state index in [0.29, 0.717) is 23.9 Å². The minimum atomic E-state index is 0.431. The zero-order valence-corrected chi connectivity index (χ0v) is 18.0. The van der Waals surface area contributed by atoms with E-state index in [0.717, 1.165) is 10.9 Å². The van der Waals surface area contributed by atoms with E-state index in [1.165, 1.54) is 23.8 Å². The minimum Gasteiger partial charge on any atom is -0.493 e. The third kappa shape index (κ3) is 7.94. The van der Waals surface area contributed by atoms with Crippen LogP contribution in [0, 0.1) is 0 Å². The van der Waals surface area contributed by atoms with Crippen molar-refractivity contribution in [2.24, 2.45) is 11.5 Å². The topological polar surface area (TPSA) is 139 Å². The van der Waals surface area contributed by atoms with Crippen molar-refractivity contribution < 1.29 is 14.3 Å². The van der Waals surface area contributed by atoms with Crippen LogP contribution in [0.3, 0.4) is 0 Å². The lowest BCUT2D eigenvalue weighted by Gasteiger charge is -2.08. The molecule has 6 N–H and O–H groups in total. The Labute approximate surface area is 175 Å². The number of nitrogens with two attached hydrogens (primary N) is 3. The minimum absolute atomic E-state index is 0.431. The number of anilines is 1. The van der Waals surface area contributed by atoms with E-state index in [4.69, 9.17) is 25.7 Å². The van der Waals surface area contributed by atoms with Crippen LogP contribution < -0.4 is 26.7 Å². The number of carbonyl (C=O) groups excluding carboxylic acids is 1. The van der Waals surface area contributed by atoms with Crippen molar-refractivity contribution >= 4 is 35.3 Å². The number of thioether (sulfide) groups is 1. The first-order valence-corrected chi connectivity index (χ1v) is 9.67. The van der Waals surface area contributed by atoms with E-state index in [-0.39, 0.29) is 0 Å². The molecule has 8 nitrogen and oxygen atoms in total.